The Labute approximate surface area is 125 Å². The van der Waals surface area contributed by atoms with Crippen LogP contribution in [0.25, 0.3) is 0 Å². The van der Waals surface area contributed by atoms with Gasteiger partial charge in [0.15, 0.2) is 0 Å². The van der Waals surface area contributed by atoms with Crippen LogP contribution in [-0.4, -0.2) is 35.6 Å². The van der Waals surface area contributed by atoms with Crippen LogP contribution >= 0.6 is 0 Å². The van der Waals surface area contributed by atoms with Gasteiger partial charge in [-0.1, -0.05) is 36.4 Å². The molecule has 0 radical (unpaired) electrons. The molecule has 22 heavy (non-hydrogen) atoms. The summed E-state index contributed by atoms with van der Waals surface area (Å²) >= 11 is 0. The van der Waals surface area contributed by atoms with Crippen molar-refractivity contribution in [2.45, 2.75) is 25.2 Å². The number of halogens is 3. The van der Waals surface area contributed by atoms with Crippen LogP contribution in [0.1, 0.15) is 18.5 Å². The molecule has 2 rings (SSSR count). The molecule has 0 spiro atoms. The minimum atomic E-state index is -4.99. The van der Waals surface area contributed by atoms with E-state index in [4.69, 9.17) is 4.74 Å². The maximum atomic E-state index is 12.8. The number of benzene rings is 1. The van der Waals surface area contributed by atoms with Gasteiger partial charge in [-0.2, -0.15) is 13.2 Å². The molecule has 0 unspecified atom stereocenters. The van der Waals surface area contributed by atoms with Gasteiger partial charge >= 0.3 is 18.1 Å². The molecule has 0 saturated carbocycles. The molecule has 1 aromatic carbocycles. The molecule has 0 fully saturated rings. The second-order valence-electron chi connectivity index (χ2n) is 4.81. The summed E-state index contributed by atoms with van der Waals surface area (Å²) in [6, 6.07) is 7.18. The molecule has 0 saturated heterocycles. The normalized spacial score (nSPS) is 21.5. The van der Waals surface area contributed by atoms with Gasteiger partial charge in [-0.3, -0.25) is 9.59 Å². The zero-order valence-corrected chi connectivity index (χ0v) is 11.7. The second-order valence-corrected chi connectivity index (χ2v) is 4.81. The van der Waals surface area contributed by atoms with E-state index in [2.05, 4.69) is 0 Å². The summed E-state index contributed by atoms with van der Waals surface area (Å²) in [5.41, 5.74) is 0.468. The molecule has 1 aliphatic heterocycles. The maximum Gasteiger partial charge on any atom is 0.471 e. The van der Waals surface area contributed by atoms with Crippen LogP contribution in [0, 0.1) is 0 Å². The lowest BCUT2D eigenvalue weighted by Gasteiger charge is -2.38. The van der Waals surface area contributed by atoms with Crippen LogP contribution in [0.3, 0.4) is 0 Å². The fourth-order valence-corrected chi connectivity index (χ4v) is 2.39. The van der Waals surface area contributed by atoms with Gasteiger partial charge in [0.05, 0.1) is 6.04 Å². The van der Waals surface area contributed by atoms with E-state index in [1.54, 1.807) is 30.3 Å². The third kappa shape index (κ3) is 3.47. The van der Waals surface area contributed by atoms with E-state index in [-0.39, 0.29) is 6.54 Å². The molecule has 0 aromatic heterocycles. The molecule has 118 valence electrons. The molecule has 7 heteroatoms. The molecule has 0 N–H and O–H groups in total. The van der Waals surface area contributed by atoms with E-state index >= 15 is 0 Å². The van der Waals surface area contributed by atoms with Crippen LogP contribution in [-0.2, 0) is 14.3 Å². The summed E-state index contributed by atoms with van der Waals surface area (Å²) in [7, 11) is 0. The molecular weight excluding hydrogens is 299 g/mol. The Morgan fingerprint density at radius 1 is 1.23 bits per heavy atom. The Bertz CT molecular complexity index is 583. The smallest absolute Gasteiger partial charge is 0.456 e. The summed E-state index contributed by atoms with van der Waals surface area (Å²) in [5.74, 6) is -2.58. The van der Waals surface area contributed by atoms with Gasteiger partial charge in [0.25, 0.3) is 0 Å². The van der Waals surface area contributed by atoms with Crippen molar-refractivity contribution in [2.24, 2.45) is 0 Å². The summed E-state index contributed by atoms with van der Waals surface area (Å²) in [6.07, 6.45) is -3.06. The molecule has 0 aliphatic carbocycles. The fourth-order valence-electron chi connectivity index (χ4n) is 2.39. The number of alkyl halides is 3. The van der Waals surface area contributed by atoms with Crippen LogP contribution in [0.5, 0.6) is 0 Å². The molecule has 0 bridgehead atoms. The zero-order valence-electron chi connectivity index (χ0n) is 11.7. The van der Waals surface area contributed by atoms with Crippen LogP contribution in [0.4, 0.5) is 13.2 Å². The van der Waals surface area contributed by atoms with E-state index in [0.717, 1.165) is 0 Å². The third-order valence-corrected chi connectivity index (χ3v) is 3.22. The monoisotopic (exact) mass is 313 g/mol. The highest BCUT2D eigenvalue weighted by Crippen LogP contribution is 2.33. The van der Waals surface area contributed by atoms with Crippen molar-refractivity contribution < 1.29 is 27.5 Å². The predicted octanol–water partition coefficient (Wildman–Crippen LogP) is 2.62. The Kier molecular flexibility index (Phi) is 4.54. The van der Waals surface area contributed by atoms with E-state index in [9.17, 15) is 22.8 Å². The summed E-state index contributed by atoms with van der Waals surface area (Å²) < 4.78 is 43.4. The predicted molar refractivity (Wildman–Crippen MR) is 71.6 cm³/mol. The van der Waals surface area contributed by atoms with Crippen molar-refractivity contribution >= 4 is 11.9 Å². The van der Waals surface area contributed by atoms with Crippen molar-refractivity contribution in [2.75, 3.05) is 6.54 Å². The third-order valence-electron chi connectivity index (χ3n) is 3.22. The number of esters is 1. The van der Waals surface area contributed by atoms with Crippen LogP contribution < -0.4 is 0 Å². The summed E-state index contributed by atoms with van der Waals surface area (Å²) in [5, 5.41) is 0. The first-order chi connectivity index (χ1) is 10.3. The average Bonchev–Trinajstić information content (AvgIpc) is 2.45. The first-order valence-electron chi connectivity index (χ1n) is 6.57. The number of ether oxygens (including phenoxy) is 1. The minimum Gasteiger partial charge on any atom is -0.456 e. The van der Waals surface area contributed by atoms with Gasteiger partial charge in [0.2, 0.25) is 0 Å². The zero-order chi connectivity index (χ0) is 16.3. The van der Waals surface area contributed by atoms with E-state index in [1.165, 1.54) is 19.1 Å². The number of carbonyl (C=O) groups excluding carboxylic acids is 2. The number of nitrogens with zero attached hydrogens (tertiary/aromatic N) is 1. The lowest BCUT2D eigenvalue weighted by Crippen LogP contribution is -2.49. The summed E-state index contributed by atoms with van der Waals surface area (Å²) in [4.78, 5) is 23.5. The second kappa shape index (κ2) is 6.21. The van der Waals surface area contributed by atoms with Gasteiger partial charge in [-0.05, 0) is 11.6 Å². The quantitative estimate of drug-likeness (QED) is 0.623. The fraction of sp³-hybridized carbons (Fsp3) is 0.333. The molecule has 1 aromatic rings. The van der Waals surface area contributed by atoms with Crippen molar-refractivity contribution in [1.82, 2.24) is 4.90 Å². The lowest BCUT2D eigenvalue weighted by atomic mass is 9.96. The highest BCUT2D eigenvalue weighted by Gasteiger charge is 2.47. The van der Waals surface area contributed by atoms with E-state index < -0.39 is 30.2 Å². The first kappa shape index (κ1) is 16.1. The maximum absolute atomic E-state index is 12.8. The number of amides is 1. The molecular formula is C15H14F3NO3. The Morgan fingerprint density at radius 3 is 2.41 bits per heavy atom. The number of hydrogen-bond donors (Lipinski definition) is 0. The largest absolute Gasteiger partial charge is 0.471 e. The Morgan fingerprint density at radius 2 is 1.86 bits per heavy atom. The Hall–Kier alpha value is -2.31. The van der Waals surface area contributed by atoms with Gasteiger partial charge < -0.3 is 9.64 Å². The molecule has 1 heterocycles. The molecule has 1 amide bonds. The number of hydrogen-bond acceptors (Lipinski definition) is 3. The van der Waals surface area contributed by atoms with Gasteiger partial charge in [-0.25, -0.2) is 0 Å². The van der Waals surface area contributed by atoms with Crippen molar-refractivity contribution in [3.63, 3.8) is 0 Å². The topological polar surface area (TPSA) is 46.6 Å². The molecule has 4 nitrogen and oxygen atoms in total. The number of carbonyl (C=O) groups is 2. The lowest BCUT2D eigenvalue weighted by molar-refractivity contribution is -0.190. The highest BCUT2D eigenvalue weighted by molar-refractivity contribution is 5.83. The van der Waals surface area contributed by atoms with Gasteiger partial charge in [-0.15, -0.1) is 0 Å². The van der Waals surface area contributed by atoms with Crippen LogP contribution in [0.15, 0.2) is 42.5 Å². The number of rotatable bonds is 2. The highest BCUT2D eigenvalue weighted by atomic mass is 19.4. The van der Waals surface area contributed by atoms with Crippen molar-refractivity contribution in [3.8, 4) is 0 Å². The van der Waals surface area contributed by atoms with Gasteiger partial charge in [0, 0.05) is 13.5 Å². The molecule has 1 aliphatic rings. The first-order valence-corrected chi connectivity index (χ1v) is 6.57. The van der Waals surface area contributed by atoms with Crippen molar-refractivity contribution in [3.05, 3.63) is 48.0 Å². The van der Waals surface area contributed by atoms with Gasteiger partial charge in [0.1, 0.15) is 6.10 Å². The van der Waals surface area contributed by atoms with E-state index in [0.29, 0.717) is 10.5 Å². The average molecular weight is 313 g/mol. The molecule has 2 atom stereocenters. The van der Waals surface area contributed by atoms with Crippen LogP contribution in [0.2, 0.25) is 0 Å². The SMILES string of the molecule is CC(=O)O[C@H]1C=CCN(C(=O)C(F)(F)F)[C@@H]1c1ccccc1. The van der Waals surface area contributed by atoms with Crippen molar-refractivity contribution in [1.29, 1.82) is 0 Å². The standard InChI is InChI=1S/C15H14F3NO3/c1-10(20)22-12-8-5-9-19(14(21)15(16,17)18)13(12)11-6-3-2-4-7-11/h2-8,12-13H,9H2,1H3/t12-,13+/m0/s1. The summed E-state index contributed by atoms with van der Waals surface area (Å²) in [6.45, 7) is 0.968. The van der Waals surface area contributed by atoms with E-state index in [1.807, 2.05) is 0 Å². The minimum absolute atomic E-state index is 0.199. The Balaban J connectivity index is 2.41.